The van der Waals surface area contributed by atoms with Crippen LogP contribution in [0.3, 0.4) is 0 Å². The molecule has 1 aromatic rings. The zero-order chi connectivity index (χ0) is 15.2. The molecule has 2 unspecified atom stereocenters. The molecule has 0 amide bonds. The SMILES string of the molecule is CCCNC(CS(=O)(=O)c1cccc(C)c1)C(C)CC. The molecule has 0 heterocycles. The summed E-state index contributed by atoms with van der Waals surface area (Å²) in [5, 5.41) is 3.38. The normalized spacial score (nSPS) is 15.0. The van der Waals surface area contributed by atoms with Crippen LogP contribution in [0.5, 0.6) is 0 Å². The predicted molar refractivity (Wildman–Crippen MR) is 84.8 cm³/mol. The number of aryl methyl sites for hydroxylation is 1. The second kappa shape index (κ2) is 7.79. The van der Waals surface area contributed by atoms with Crippen molar-refractivity contribution in [2.75, 3.05) is 12.3 Å². The lowest BCUT2D eigenvalue weighted by Crippen LogP contribution is -2.41. The first-order chi connectivity index (χ1) is 9.40. The van der Waals surface area contributed by atoms with Gasteiger partial charge in [-0.05, 0) is 43.5 Å². The number of nitrogens with one attached hydrogen (secondary N) is 1. The molecule has 0 aliphatic carbocycles. The molecule has 4 heteroatoms. The Morgan fingerprint density at radius 1 is 1.25 bits per heavy atom. The molecule has 2 atom stereocenters. The molecule has 20 heavy (non-hydrogen) atoms. The fourth-order valence-corrected chi connectivity index (χ4v) is 3.94. The van der Waals surface area contributed by atoms with Crippen LogP contribution in [0, 0.1) is 12.8 Å². The summed E-state index contributed by atoms with van der Waals surface area (Å²) in [6, 6.07) is 7.18. The quantitative estimate of drug-likeness (QED) is 0.801. The second-order valence-corrected chi connectivity index (χ2v) is 7.58. The van der Waals surface area contributed by atoms with Crippen LogP contribution < -0.4 is 5.32 Å². The van der Waals surface area contributed by atoms with Gasteiger partial charge >= 0.3 is 0 Å². The second-order valence-electron chi connectivity index (χ2n) is 5.54. The number of hydrogen-bond acceptors (Lipinski definition) is 3. The minimum absolute atomic E-state index is 0.0189. The summed E-state index contributed by atoms with van der Waals surface area (Å²) in [6.45, 7) is 9.08. The Labute approximate surface area is 123 Å². The highest BCUT2D eigenvalue weighted by molar-refractivity contribution is 7.91. The van der Waals surface area contributed by atoms with Crippen molar-refractivity contribution in [3.63, 3.8) is 0 Å². The van der Waals surface area contributed by atoms with Gasteiger partial charge in [0, 0.05) is 6.04 Å². The molecule has 0 saturated heterocycles. The largest absolute Gasteiger partial charge is 0.313 e. The monoisotopic (exact) mass is 297 g/mol. The molecular weight excluding hydrogens is 270 g/mol. The van der Waals surface area contributed by atoms with Gasteiger partial charge in [-0.25, -0.2) is 8.42 Å². The van der Waals surface area contributed by atoms with Gasteiger partial charge in [-0.3, -0.25) is 0 Å². The van der Waals surface area contributed by atoms with Crippen LogP contribution in [-0.4, -0.2) is 26.8 Å². The van der Waals surface area contributed by atoms with Crippen molar-refractivity contribution < 1.29 is 8.42 Å². The first-order valence-corrected chi connectivity index (χ1v) is 9.08. The number of rotatable bonds is 8. The van der Waals surface area contributed by atoms with E-state index >= 15 is 0 Å². The third kappa shape index (κ3) is 4.91. The first-order valence-electron chi connectivity index (χ1n) is 7.43. The lowest BCUT2D eigenvalue weighted by Gasteiger charge is -2.24. The average molecular weight is 297 g/mol. The van der Waals surface area contributed by atoms with Crippen molar-refractivity contribution in [3.05, 3.63) is 29.8 Å². The molecule has 0 aromatic heterocycles. The van der Waals surface area contributed by atoms with E-state index in [4.69, 9.17) is 0 Å². The van der Waals surface area contributed by atoms with E-state index in [0.717, 1.165) is 24.9 Å². The van der Waals surface area contributed by atoms with Gasteiger partial charge in [-0.2, -0.15) is 0 Å². The van der Waals surface area contributed by atoms with E-state index in [1.54, 1.807) is 18.2 Å². The van der Waals surface area contributed by atoms with Gasteiger partial charge in [-0.1, -0.05) is 39.3 Å². The molecule has 3 nitrogen and oxygen atoms in total. The number of benzene rings is 1. The zero-order valence-corrected chi connectivity index (χ0v) is 13.8. The molecule has 1 rings (SSSR count). The van der Waals surface area contributed by atoms with E-state index in [1.807, 2.05) is 13.0 Å². The molecule has 0 saturated carbocycles. The van der Waals surface area contributed by atoms with E-state index in [-0.39, 0.29) is 11.8 Å². The van der Waals surface area contributed by atoms with Crippen LogP contribution in [0.1, 0.15) is 39.2 Å². The topological polar surface area (TPSA) is 46.2 Å². The van der Waals surface area contributed by atoms with Crippen LogP contribution in [-0.2, 0) is 9.84 Å². The van der Waals surface area contributed by atoms with Crippen LogP contribution in [0.25, 0.3) is 0 Å². The van der Waals surface area contributed by atoms with Gasteiger partial charge in [0.25, 0.3) is 0 Å². The van der Waals surface area contributed by atoms with Crippen LogP contribution >= 0.6 is 0 Å². The average Bonchev–Trinajstić information content (AvgIpc) is 2.42. The van der Waals surface area contributed by atoms with E-state index in [2.05, 4.69) is 26.1 Å². The fraction of sp³-hybridized carbons (Fsp3) is 0.625. The molecule has 1 N–H and O–H groups in total. The molecular formula is C16H27NO2S. The van der Waals surface area contributed by atoms with Crippen molar-refractivity contribution in [1.82, 2.24) is 5.32 Å². The summed E-state index contributed by atoms with van der Waals surface area (Å²) in [7, 11) is -3.23. The number of sulfone groups is 1. The smallest absolute Gasteiger partial charge is 0.179 e. The summed E-state index contributed by atoms with van der Waals surface area (Å²) >= 11 is 0. The summed E-state index contributed by atoms with van der Waals surface area (Å²) < 4.78 is 25.1. The van der Waals surface area contributed by atoms with Crippen molar-refractivity contribution in [2.24, 2.45) is 5.92 Å². The molecule has 0 spiro atoms. The Morgan fingerprint density at radius 2 is 1.95 bits per heavy atom. The summed E-state index contributed by atoms with van der Waals surface area (Å²) in [6.07, 6.45) is 1.99. The van der Waals surface area contributed by atoms with Gasteiger partial charge in [0.05, 0.1) is 10.6 Å². The maximum atomic E-state index is 12.5. The van der Waals surface area contributed by atoms with Gasteiger partial charge < -0.3 is 5.32 Å². The minimum atomic E-state index is -3.23. The van der Waals surface area contributed by atoms with Crippen molar-refractivity contribution >= 4 is 9.84 Å². The minimum Gasteiger partial charge on any atom is -0.313 e. The summed E-state index contributed by atoms with van der Waals surface area (Å²) in [5.41, 5.74) is 0.979. The van der Waals surface area contributed by atoms with E-state index in [1.165, 1.54) is 0 Å². The Bertz CT molecular complexity index is 511. The van der Waals surface area contributed by atoms with E-state index in [0.29, 0.717) is 10.8 Å². The zero-order valence-electron chi connectivity index (χ0n) is 13.0. The van der Waals surface area contributed by atoms with Crippen LogP contribution in [0.2, 0.25) is 0 Å². The van der Waals surface area contributed by atoms with E-state index in [9.17, 15) is 8.42 Å². The molecule has 0 aliphatic heterocycles. The maximum Gasteiger partial charge on any atom is 0.179 e. The number of hydrogen-bond donors (Lipinski definition) is 1. The Hall–Kier alpha value is -0.870. The third-order valence-electron chi connectivity index (χ3n) is 3.73. The highest BCUT2D eigenvalue weighted by Gasteiger charge is 2.24. The highest BCUT2D eigenvalue weighted by Crippen LogP contribution is 2.17. The lowest BCUT2D eigenvalue weighted by atomic mass is 10.0. The molecule has 1 aromatic carbocycles. The third-order valence-corrected chi connectivity index (χ3v) is 5.51. The van der Waals surface area contributed by atoms with Gasteiger partial charge in [0.15, 0.2) is 9.84 Å². The molecule has 0 bridgehead atoms. The standard InChI is InChI=1S/C16H27NO2S/c1-5-10-17-16(14(4)6-2)12-20(18,19)15-9-7-8-13(3)11-15/h7-9,11,14,16-17H,5-6,10,12H2,1-4H3. The predicted octanol–water partition coefficient (Wildman–Crippen LogP) is 3.18. The van der Waals surface area contributed by atoms with Crippen molar-refractivity contribution in [1.29, 1.82) is 0 Å². The van der Waals surface area contributed by atoms with Crippen molar-refractivity contribution in [2.45, 2.75) is 51.5 Å². The first kappa shape index (κ1) is 17.2. The van der Waals surface area contributed by atoms with Gasteiger partial charge in [0.1, 0.15) is 0 Å². The Kier molecular flexibility index (Phi) is 6.69. The molecule has 0 aliphatic rings. The van der Waals surface area contributed by atoms with Crippen LogP contribution in [0.4, 0.5) is 0 Å². The molecule has 0 fully saturated rings. The summed E-state index contributed by atoms with van der Waals surface area (Å²) in [4.78, 5) is 0.434. The fourth-order valence-electron chi connectivity index (χ4n) is 2.18. The van der Waals surface area contributed by atoms with E-state index < -0.39 is 9.84 Å². The molecule has 0 radical (unpaired) electrons. The summed E-state index contributed by atoms with van der Waals surface area (Å²) in [5.74, 6) is 0.520. The Balaban J connectivity index is 2.90. The Morgan fingerprint density at radius 3 is 2.50 bits per heavy atom. The molecule has 114 valence electrons. The van der Waals surface area contributed by atoms with Crippen LogP contribution in [0.15, 0.2) is 29.2 Å². The van der Waals surface area contributed by atoms with Gasteiger partial charge in [0.2, 0.25) is 0 Å². The maximum absolute atomic E-state index is 12.5. The van der Waals surface area contributed by atoms with Gasteiger partial charge in [-0.15, -0.1) is 0 Å². The highest BCUT2D eigenvalue weighted by atomic mass is 32.2. The lowest BCUT2D eigenvalue weighted by molar-refractivity contribution is 0.391. The van der Waals surface area contributed by atoms with Crippen molar-refractivity contribution in [3.8, 4) is 0 Å².